The first-order valence-corrected chi connectivity index (χ1v) is 8.14. The topological polar surface area (TPSA) is 76.2 Å². The minimum absolute atomic E-state index is 0.0356. The van der Waals surface area contributed by atoms with Crippen molar-refractivity contribution in [3.8, 4) is 11.5 Å². The van der Waals surface area contributed by atoms with Crippen LogP contribution in [0, 0.1) is 0 Å². The van der Waals surface area contributed by atoms with E-state index >= 15 is 0 Å². The van der Waals surface area contributed by atoms with E-state index in [0.29, 0.717) is 17.4 Å². The van der Waals surface area contributed by atoms with Crippen molar-refractivity contribution >= 4 is 5.91 Å². The number of methoxy groups -OCH3 is 2. The summed E-state index contributed by atoms with van der Waals surface area (Å²) < 4.78 is 10.7. The molecule has 6 heteroatoms. The van der Waals surface area contributed by atoms with Crippen molar-refractivity contribution in [2.24, 2.45) is 0 Å². The number of ether oxygens (including phenoxy) is 2. The second-order valence-electron chi connectivity index (χ2n) is 6.33. The minimum Gasteiger partial charge on any atom is -0.493 e. The number of hydrogen-bond acceptors (Lipinski definition) is 4. The first-order chi connectivity index (χ1) is 11.5. The third kappa shape index (κ3) is 2.96. The first-order valence-electron chi connectivity index (χ1n) is 8.14. The lowest BCUT2D eigenvalue weighted by Crippen LogP contribution is -2.27. The Balaban J connectivity index is 1.79. The lowest BCUT2D eigenvalue weighted by atomic mass is 10.1. The van der Waals surface area contributed by atoms with E-state index in [9.17, 15) is 4.79 Å². The molecule has 0 saturated heterocycles. The van der Waals surface area contributed by atoms with Crippen LogP contribution < -0.4 is 14.8 Å². The van der Waals surface area contributed by atoms with Gasteiger partial charge in [0, 0.05) is 5.69 Å². The van der Waals surface area contributed by atoms with Gasteiger partial charge in [-0.15, -0.1) is 0 Å². The monoisotopic (exact) mass is 329 g/mol. The number of amides is 1. The zero-order valence-corrected chi connectivity index (χ0v) is 14.5. The quantitative estimate of drug-likeness (QED) is 0.884. The van der Waals surface area contributed by atoms with Gasteiger partial charge in [0.05, 0.1) is 20.3 Å². The Hall–Kier alpha value is -2.50. The second-order valence-corrected chi connectivity index (χ2v) is 6.33. The summed E-state index contributed by atoms with van der Waals surface area (Å²) >= 11 is 0. The summed E-state index contributed by atoms with van der Waals surface area (Å²) in [6.45, 7) is 4.12. The molecule has 1 aromatic carbocycles. The Morgan fingerprint density at radius 2 is 1.96 bits per heavy atom. The zero-order valence-electron chi connectivity index (χ0n) is 14.5. The summed E-state index contributed by atoms with van der Waals surface area (Å²) in [4.78, 5) is 12.5. The number of hydrogen-bond donors (Lipinski definition) is 2. The maximum atomic E-state index is 12.5. The van der Waals surface area contributed by atoms with Crippen molar-refractivity contribution in [2.75, 3.05) is 14.2 Å². The number of carbonyl (C=O) groups is 1. The van der Waals surface area contributed by atoms with Gasteiger partial charge in [-0.25, -0.2) is 0 Å². The van der Waals surface area contributed by atoms with E-state index in [4.69, 9.17) is 9.47 Å². The van der Waals surface area contributed by atoms with Gasteiger partial charge in [-0.1, -0.05) is 13.8 Å². The number of rotatable bonds is 5. The largest absolute Gasteiger partial charge is 0.493 e. The Labute approximate surface area is 141 Å². The van der Waals surface area contributed by atoms with Gasteiger partial charge in [0.25, 0.3) is 5.91 Å². The van der Waals surface area contributed by atoms with Gasteiger partial charge < -0.3 is 14.8 Å². The average Bonchev–Trinajstić information content (AvgIpc) is 3.21. The zero-order chi connectivity index (χ0) is 17.3. The Bertz CT molecular complexity index is 752. The molecule has 2 aromatic rings. The summed E-state index contributed by atoms with van der Waals surface area (Å²) in [6, 6.07) is 5.72. The highest BCUT2D eigenvalue weighted by Gasteiger charge is 2.27. The molecule has 0 bridgehead atoms. The molecule has 1 amide bonds. The summed E-state index contributed by atoms with van der Waals surface area (Å²) in [6.07, 6.45) is 1.76. The second kappa shape index (κ2) is 6.55. The highest BCUT2D eigenvalue weighted by Crippen LogP contribution is 2.39. The normalized spacial score (nSPS) is 16.1. The van der Waals surface area contributed by atoms with Crippen molar-refractivity contribution in [2.45, 2.75) is 38.6 Å². The van der Waals surface area contributed by atoms with Crippen LogP contribution in [-0.2, 0) is 6.42 Å². The number of nitrogens with zero attached hydrogens (tertiary/aromatic N) is 1. The molecular formula is C18H23N3O3. The van der Waals surface area contributed by atoms with E-state index in [0.717, 1.165) is 29.8 Å². The van der Waals surface area contributed by atoms with Gasteiger partial charge in [-0.05, 0) is 48.1 Å². The predicted molar refractivity (Wildman–Crippen MR) is 90.8 cm³/mol. The summed E-state index contributed by atoms with van der Waals surface area (Å²) in [5.41, 5.74) is 3.65. The molecule has 0 unspecified atom stereocenters. The molecule has 0 saturated carbocycles. The molecule has 1 atom stereocenters. The van der Waals surface area contributed by atoms with Crippen molar-refractivity contribution < 1.29 is 14.3 Å². The molecule has 24 heavy (non-hydrogen) atoms. The molecular weight excluding hydrogens is 306 g/mol. The molecule has 1 heterocycles. The highest BCUT2D eigenvalue weighted by atomic mass is 16.5. The van der Waals surface area contributed by atoms with Gasteiger partial charge in [-0.2, -0.15) is 5.10 Å². The molecule has 0 radical (unpaired) electrons. The average molecular weight is 329 g/mol. The van der Waals surface area contributed by atoms with E-state index in [1.165, 1.54) is 5.56 Å². The van der Waals surface area contributed by atoms with Crippen molar-refractivity contribution in [1.29, 1.82) is 0 Å². The maximum Gasteiger partial charge on any atom is 0.272 e. The molecule has 1 aliphatic carbocycles. The lowest BCUT2D eigenvalue weighted by Gasteiger charge is -2.15. The van der Waals surface area contributed by atoms with Crippen LogP contribution in [-0.4, -0.2) is 30.3 Å². The van der Waals surface area contributed by atoms with Crippen LogP contribution in [0.15, 0.2) is 18.2 Å². The standard InChI is InChI=1S/C18H23N3O3/c1-10(2)14-9-15(21-20-14)18(22)19-13-6-5-11-7-16(23-3)17(24-4)8-12(11)13/h7-10,13H,5-6H2,1-4H3,(H,19,22)(H,20,21)/t13-/m1/s1. The number of carbonyl (C=O) groups excluding carboxylic acids is 1. The van der Waals surface area contributed by atoms with Crippen LogP contribution in [0.25, 0.3) is 0 Å². The van der Waals surface area contributed by atoms with Gasteiger partial charge >= 0.3 is 0 Å². The van der Waals surface area contributed by atoms with Gasteiger partial charge in [0.1, 0.15) is 5.69 Å². The number of fused-ring (bicyclic) bond motifs is 1. The summed E-state index contributed by atoms with van der Waals surface area (Å²) in [5, 5.41) is 10.1. The fourth-order valence-corrected chi connectivity index (χ4v) is 3.06. The molecule has 1 aromatic heterocycles. The Kier molecular flexibility index (Phi) is 4.46. The summed E-state index contributed by atoms with van der Waals surface area (Å²) in [7, 11) is 3.24. The molecule has 2 N–H and O–H groups in total. The number of nitrogens with one attached hydrogen (secondary N) is 2. The number of benzene rings is 1. The van der Waals surface area contributed by atoms with Crippen LogP contribution in [0.4, 0.5) is 0 Å². The molecule has 0 spiro atoms. The highest BCUT2D eigenvalue weighted by molar-refractivity contribution is 5.92. The lowest BCUT2D eigenvalue weighted by molar-refractivity contribution is 0.0931. The van der Waals surface area contributed by atoms with Gasteiger partial charge in [0.15, 0.2) is 11.5 Å². The molecule has 128 valence electrons. The van der Waals surface area contributed by atoms with Crippen LogP contribution in [0.3, 0.4) is 0 Å². The Morgan fingerprint density at radius 3 is 2.58 bits per heavy atom. The number of aryl methyl sites for hydroxylation is 1. The van der Waals surface area contributed by atoms with E-state index in [1.807, 2.05) is 18.2 Å². The van der Waals surface area contributed by atoms with Crippen LogP contribution in [0.2, 0.25) is 0 Å². The fraction of sp³-hybridized carbons (Fsp3) is 0.444. The van der Waals surface area contributed by atoms with Crippen molar-refractivity contribution in [3.05, 3.63) is 40.7 Å². The first kappa shape index (κ1) is 16.4. The smallest absolute Gasteiger partial charge is 0.272 e. The van der Waals surface area contributed by atoms with Crippen molar-refractivity contribution in [1.82, 2.24) is 15.5 Å². The van der Waals surface area contributed by atoms with E-state index in [-0.39, 0.29) is 11.9 Å². The third-order valence-corrected chi connectivity index (χ3v) is 4.48. The van der Waals surface area contributed by atoms with Crippen LogP contribution in [0.1, 0.15) is 59.5 Å². The molecule has 0 fully saturated rings. The van der Waals surface area contributed by atoms with E-state index in [1.54, 1.807) is 14.2 Å². The van der Waals surface area contributed by atoms with E-state index < -0.39 is 0 Å². The number of aromatic nitrogens is 2. The van der Waals surface area contributed by atoms with Crippen molar-refractivity contribution in [3.63, 3.8) is 0 Å². The van der Waals surface area contributed by atoms with E-state index in [2.05, 4.69) is 29.4 Å². The third-order valence-electron chi connectivity index (χ3n) is 4.48. The van der Waals surface area contributed by atoms with Crippen LogP contribution in [0.5, 0.6) is 11.5 Å². The van der Waals surface area contributed by atoms with Gasteiger partial charge in [0.2, 0.25) is 0 Å². The fourth-order valence-electron chi connectivity index (χ4n) is 3.06. The molecule has 6 nitrogen and oxygen atoms in total. The minimum atomic E-state index is -0.161. The summed E-state index contributed by atoms with van der Waals surface area (Å²) in [5.74, 6) is 1.55. The molecule has 0 aliphatic heterocycles. The SMILES string of the molecule is COc1cc2c(cc1OC)[C@H](NC(=O)c1cc(C(C)C)[nH]n1)CC2. The molecule has 3 rings (SSSR count). The van der Waals surface area contributed by atoms with Crippen LogP contribution >= 0.6 is 0 Å². The van der Waals surface area contributed by atoms with Gasteiger partial charge in [-0.3, -0.25) is 9.89 Å². The molecule has 1 aliphatic rings. The predicted octanol–water partition coefficient (Wildman–Crippen LogP) is 2.97. The number of H-pyrrole nitrogens is 1. The number of aromatic amines is 1. The maximum absolute atomic E-state index is 12.5. The Morgan fingerprint density at radius 1 is 1.25 bits per heavy atom.